The van der Waals surface area contributed by atoms with Crippen LogP contribution in [0.2, 0.25) is 0 Å². The maximum atomic E-state index is 6.21. The van der Waals surface area contributed by atoms with Gasteiger partial charge >= 0.3 is 0 Å². The van der Waals surface area contributed by atoms with E-state index in [9.17, 15) is 0 Å². The SMILES string of the molecule is CCC(C)(N)CN1CCSC(C)C1C. The first-order valence-corrected chi connectivity index (χ1v) is 6.65. The fourth-order valence-corrected chi connectivity index (χ4v) is 2.96. The van der Waals surface area contributed by atoms with Gasteiger partial charge in [0.2, 0.25) is 0 Å². The Labute approximate surface area is 92.6 Å². The molecule has 0 radical (unpaired) electrons. The first-order chi connectivity index (χ1) is 6.46. The van der Waals surface area contributed by atoms with Gasteiger partial charge in [0.15, 0.2) is 0 Å². The van der Waals surface area contributed by atoms with Crippen LogP contribution in [-0.4, -0.2) is 40.6 Å². The van der Waals surface area contributed by atoms with Crippen molar-refractivity contribution in [3.05, 3.63) is 0 Å². The molecule has 3 heteroatoms. The molecule has 2 nitrogen and oxygen atoms in total. The van der Waals surface area contributed by atoms with Crippen LogP contribution in [-0.2, 0) is 0 Å². The zero-order valence-corrected chi connectivity index (χ0v) is 10.7. The van der Waals surface area contributed by atoms with E-state index in [1.54, 1.807) is 0 Å². The highest BCUT2D eigenvalue weighted by molar-refractivity contribution is 8.00. The lowest BCUT2D eigenvalue weighted by molar-refractivity contribution is 0.168. The molecule has 14 heavy (non-hydrogen) atoms. The Hall–Kier alpha value is 0.270. The molecule has 1 saturated heterocycles. The van der Waals surface area contributed by atoms with E-state index in [0.29, 0.717) is 6.04 Å². The first kappa shape index (κ1) is 12.3. The van der Waals surface area contributed by atoms with Gasteiger partial charge in [0, 0.05) is 35.7 Å². The molecule has 2 N–H and O–H groups in total. The summed E-state index contributed by atoms with van der Waals surface area (Å²) in [6.07, 6.45) is 1.05. The summed E-state index contributed by atoms with van der Waals surface area (Å²) < 4.78 is 0. The van der Waals surface area contributed by atoms with Crippen molar-refractivity contribution in [2.75, 3.05) is 18.8 Å². The zero-order valence-electron chi connectivity index (χ0n) is 9.92. The minimum atomic E-state index is -0.0179. The topological polar surface area (TPSA) is 29.3 Å². The third-order valence-corrected chi connectivity index (χ3v) is 4.72. The van der Waals surface area contributed by atoms with Crippen molar-refractivity contribution < 1.29 is 0 Å². The van der Waals surface area contributed by atoms with Gasteiger partial charge in [0.1, 0.15) is 0 Å². The smallest absolute Gasteiger partial charge is 0.0252 e. The van der Waals surface area contributed by atoms with Crippen LogP contribution in [0.4, 0.5) is 0 Å². The van der Waals surface area contributed by atoms with Gasteiger partial charge in [0.05, 0.1) is 0 Å². The lowest BCUT2D eigenvalue weighted by atomic mass is 9.98. The molecule has 0 saturated carbocycles. The second-order valence-corrected chi connectivity index (χ2v) is 6.28. The minimum absolute atomic E-state index is 0.0179. The molecule has 1 aliphatic heterocycles. The number of nitrogens with two attached hydrogens (primary N) is 1. The van der Waals surface area contributed by atoms with Crippen LogP contribution in [0.25, 0.3) is 0 Å². The minimum Gasteiger partial charge on any atom is -0.324 e. The normalized spacial score (nSPS) is 34.1. The Morgan fingerprint density at radius 2 is 2.14 bits per heavy atom. The highest BCUT2D eigenvalue weighted by Gasteiger charge is 2.29. The molecule has 3 atom stereocenters. The fourth-order valence-electron chi connectivity index (χ4n) is 1.79. The predicted molar refractivity (Wildman–Crippen MR) is 65.8 cm³/mol. The average molecular weight is 216 g/mol. The Bertz CT molecular complexity index is 182. The van der Waals surface area contributed by atoms with Crippen molar-refractivity contribution in [3.8, 4) is 0 Å². The van der Waals surface area contributed by atoms with Crippen LogP contribution in [0, 0.1) is 0 Å². The van der Waals surface area contributed by atoms with Crippen molar-refractivity contribution >= 4 is 11.8 Å². The third kappa shape index (κ3) is 3.14. The predicted octanol–water partition coefficient (Wildman–Crippen LogP) is 1.94. The summed E-state index contributed by atoms with van der Waals surface area (Å²) in [5.74, 6) is 1.26. The number of hydrogen-bond donors (Lipinski definition) is 1. The summed E-state index contributed by atoms with van der Waals surface area (Å²) in [6, 6.07) is 0.670. The standard InChI is InChI=1S/C11H24N2S/c1-5-11(4,12)8-13-6-7-14-10(3)9(13)2/h9-10H,5-8,12H2,1-4H3. The van der Waals surface area contributed by atoms with Crippen LogP contribution in [0.5, 0.6) is 0 Å². The van der Waals surface area contributed by atoms with E-state index in [-0.39, 0.29) is 5.54 Å². The van der Waals surface area contributed by atoms with E-state index in [4.69, 9.17) is 5.73 Å². The molecule has 0 aliphatic carbocycles. The molecular weight excluding hydrogens is 192 g/mol. The summed E-state index contributed by atoms with van der Waals surface area (Å²) in [5.41, 5.74) is 6.19. The van der Waals surface area contributed by atoms with Crippen LogP contribution >= 0.6 is 11.8 Å². The highest BCUT2D eigenvalue weighted by Crippen LogP contribution is 2.25. The highest BCUT2D eigenvalue weighted by atomic mass is 32.2. The molecule has 84 valence electrons. The molecule has 0 bridgehead atoms. The summed E-state index contributed by atoms with van der Waals surface area (Å²) in [5, 5.41) is 0.747. The van der Waals surface area contributed by atoms with Gasteiger partial charge in [-0.05, 0) is 20.3 Å². The van der Waals surface area contributed by atoms with Gasteiger partial charge in [-0.2, -0.15) is 11.8 Å². The van der Waals surface area contributed by atoms with Gasteiger partial charge in [-0.15, -0.1) is 0 Å². The second kappa shape index (κ2) is 4.86. The summed E-state index contributed by atoms with van der Waals surface area (Å²) >= 11 is 2.08. The van der Waals surface area contributed by atoms with Gasteiger partial charge in [-0.25, -0.2) is 0 Å². The number of hydrogen-bond acceptors (Lipinski definition) is 3. The van der Waals surface area contributed by atoms with Crippen molar-refractivity contribution in [1.29, 1.82) is 0 Å². The Balaban J connectivity index is 2.51. The van der Waals surface area contributed by atoms with E-state index in [1.807, 2.05) is 0 Å². The van der Waals surface area contributed by atoms with Crippen molar-refractivity contribution in [2.24, 2.45) is 5.73 Å². The molecule has 0 aromatic heterocycles. The summed E-state index contributed by atoms with van der Waals surface area (Å²) in [7, 11) is 0. The van der Waals surface area contributed by atoms with Crippen LogP contribution in [0.3, 0.4) is 0 Å². The molecule has 0 aromatic carbocycles. The third-order valence-electron chi connectivity index (χ3n) is 3.39. The maximum absolute atomic E-state index is 6.21. The van der Waals surface area contributed by atoms with E-state index < -0.39 is 0 Å². The molecular formula is C11H24N2S. The molecule has 3 unspecified atom stereocenters. The lowest BCUT2D eigenvalue weighted by Crippen LogP contribution is -2.54. The molecule has 0 aromatic rings. The van der Waals surface area contributed by atoms with Crippen LogP contribution in [0.15, 0.2) is 0 Å². The van der Waals surface area contributed by atoms with Crippen LogP contribution in [0.1, 0.15) is 34.1 Å². The van der Waals surface area contributed by atoms with E-state index in [1.165, 1.54) is 12.3 Å². The maximum Gasteiger partial charge on any atom is 0.0252 e. The molecule has 1 aliphatic rings. The fraction of sp³-hybridized carbons (Fsp3) is 1.00. The van der Waals surface area contributed by atoms with Crippen molar-refractivity contribution in [1.82, 2.24) is 4.90 Å². The second-order valence-electron chi connectivity index (χ2n) is 4.79. The Morgan fingerprint density at radius 3 is 2.71 bits per heavy atom. The van der Waals surface area contributed by atoms with E-state index >= 15 is 0 Å². The largest absolute Gasteiger partial charge is 0.324 e. The number of thioether (sulfide) groups is 1. The quantitative estimate of drug-likeness (QED) is 0.782. The van der Waals surface area contributed by atoms with E-state index in [0.717, 1.165) is 18.2 Å². The lowest BCUT2D eigenvalue weighted by Gasteiger charge is -2.41. The summed E-state index contributed by atoms with van der Waals surface area (Å²) in [6.45, 7) is 11.2. The Morgan fingerprint density at radius 1 is 1.50 bits per heavy atom. The Kier molecular flexibility index (Phi) is 4.29. The van der Waals surface area contributed by atoms with Crippen LogP contribution < -0.4 is 5.73 Å². The van der Waals surface area contributed by atoms with Gasteiger partial charge in [0.25, 0.3) is 0 Å². The monoisotopic (exact) mass is 216 g/mol. The average Bonchev–Trinajstić information content (AvgIpc) is 2.13. The molecule has 1 fully saturated rings. The van der Waals surface area contributed by atoms with Gasteiger partial charge in [-0.3, -0.25) is 4.90 Å². The van der Waals surface area contributed by atoms with E-state index in [2.05, 4.69) is 44.4 Å². The molecule has 1 heterocycles. The number of nitrogens with zero attached hydrogens (tertiary/aromatic N) is 1. The first-order valence-electron chi connectivity index (χ1n) is 5.61. The molecule has 0 spiro atoms. The van der Waals surface area contributed by atoms with Crippen molar-refractivity contribution in [2.45, 2.75) is 50.9 Å². The molecule has 1 rings (SSSR count). The van der Waals surface area contributed by atoms with Gasteiger partial charge < -0.3 is 5.73 Å². The van der Waals surface area contributed by atoms with Gasteiger partial charge in [-0.1, -0.05) is 13.8 Å². The number of rotatable bonds is 3. The molecule has 0 amide bonds. The summed E-state index contributed by atoms with van der Waals surface area (Å²) in [4.78, 5) is 2.55. The zero-order chi connectivity index (χ0) is 10.8. The van der Waals surface area contributed by atoms with Crippen molar-refractivity contribution in [3.63, 3.8) is 0 Å².